The number of aryl methyl sites for hydroxylation is 1. The highest BCUT2D eigenvalue weighted by atomic mass is 35.5. The minimum absolute atomic E-state index is 0.0568. The average Bonchev–Trinajstić information content (AvgIpc) is 3.27. The van der Waals surface area contributed by atoms with Crippen molar-refractivity contribution in [3.05, 3.63) is 68.3 Å². The van der Waals surface area contributed by atoms with Crippen LogP contribution in [0.4, 0.5) is 0 Å². The molecule has 0 bridgehead atoms. The van der Waals surface area contributed by atoms with Crippen molar-refractivity contribution in [2.75, 3.05) is 7.11 Å². The monoisotopic (exact) mass is 404 g/mol. The number of furan rings is 1. The second kappa shape index (κ2) is 7.77. The molecule has 3 rings (SSSR count). The summed E-state index contributed by atoms with van der Waals surface area (Å²) in [5, 5.41) is 14.7. The standard InChI is InChI=1S/C19H17ClN2O6/c1-9-17(18(24)22-21-9)12(8-16(23)27-2)15-6-5-14(28-15)11-7-10(19(25)26)3-4-13(11)20/h3-7,12H,8H2,1-2H3,(H,25,26)(H2,21,22,24)/t12-/m0/s1. The number of H-pyrrole nitrogens is 2. The number of hydrogen-bond donors (Lipinski definition) is 3. The quantitative estimate of drug-likeness (QED) is 0.541. The van der Waals surface area contributed by atoms with Gasteiger partial charge in [-0.15, -0.1) is 0 Å². The largest absolute Gasteiger partial charge is 0.478 e. The SMILES string of the molecule is COC(=O)C[C@@H](c1ccc(-c2cc(C(=O)O)ccc2Cl)o1)c1c(C)[nH][nH]c1=O. The summed E-state index contributed by atoms with van der Waals surface area (Å²) >= 11 is 6.19. The van der Waals surface area contributed by atoms with Gasteiger partial charge in [-0.25, -0.2) is 4.79 Å². The highest BCUT2D eigenvalue weighted by molar-refractivity contribution is 6.33. The fourth-order valence-electron chi connectivity index (χ4n) is 3.00. The fraction of sp³-hybridized carbons (Fsp3) is 0.211. The van der Waals surface area contributed by atoms with Crippen molar-refractivity contribution in [1.29, 1.82) is 0 Å². The molecule has 0 aliphatic rings. The molecule has 1 atom stereocenters. The number of nitrogens with one attached hydrogen (secondary N) is 2. The Morgan fingerprint density at radius 1 is 1.25 bits per heavy atom. The number of aromatic carboxylic acids is 1. The third-order valence-corrected chi connectivity index (χ3v) is 4.74. The van der Waals surface area contributed by atoms with E-state index in [9.17, 15) is 19.5 Å². The van der Waals surface area contributed by atoms with Gasteiger partial charge in [-0.05, 0) is 37.3 Å². The molecule has 0 spiro atoms. The molecule has 0 fully saturated rings. The molecule has 3 aromatic rings. The number of ether oxygens (including phenoxy) is 1. The predicted molar refractivity (Wildman–Crippen MR) is 101 cm³/mol. The van der Waals surface area contributed by atoms with E-state index >= 15 is 0 Å². The molecule has 0 unspecified atom stereocenters. The molecule has 9 heteroatoms. The number of esters is 1. The zero-order valence-electron chi connectivity index (χ0n) is 15.0. The van der Waals surface area contributed by atoms with Crippen LogP contribution in [-0.2, 0) is 9.53 Å². The van der Waals surface area contributed by atoms with Gasteiger partial charge in [0.15, 0.2) is 0 Å². The van der Waals surface area contributed by atoms with Gasteiger partial charge in [0.1, 0.15) is 11.5 Å². The predicted octanol–water partition coefficient (Wildman–Crippen LogP) is 3.32. The molecule has 0 saturated carbocycles. The highest BCUT2D eigenvalue weighted by Gasteiger charge is 2.27. The minimum atomic E-state index is -1.09. The first-order chi connectivity index (χ1) is 13.3. The number of hydrogen-bond acceptors (Lipinski definition) is 5. The fourth-order valence-corrected chi connectivity index (χ4v) is 3.21. The molecule has 0 amide bonds. The zero-order chi connectivity index (χ0) is 20.4. The molecule has 1 aromatic carbocycles. The molecule has 3 N–H and O–H groups in total. The number of aromatic amines is 2. The summed E-state index contributed by atoms with van der Waals surface area (Å²) in [5.41, 5.74) is 1.01. The van der Waals surface area contributed by atoms with Crippen molar-refractivity contribution >= 4 is 23.5 Å². The lowest BCUT2D eigenvalue weighted by atomic mass is 9.93. The molecule has 2 heterocycles. The topological polar surface area (TPSA) is 125 Å². The molecular formula is C19H17ClN2O6. The summed E-state index contributed by atoms with van der Waals surface area (Å²) in [4.78, 5) is 35.3. The Labute approximate surface area is 164 Å². The lowest BCUT2D eigenvalue weighted by Crippen LogP contribution is -2.16. The number of halogens is 1. The number of carboxylic acids is 1. The van der Waals surface area contributed by atoms with Gasteiger partial charge in [-0.1, -0.05) is 11.6 Å². The van der Waals surface area contributed by atoms with E-state index in [1.807, 2.05) is 0 Å². The Morgan fingerprint density at radius 2 is 2.00 bits per heavy atom. The van der Waals surface area contributed by atoms with E-state index in [2.05, 4.69) is 10.2 Å². The Kier molecular flexibility index (Phi) is 5.41. The van der Waals surface area contributed by atoms with Crippen LogP contribution >= 0.6 is 11.6 Å². The number of rotatable bonds is 6. The van der Waals surface area contributed by atoms with Crippen molar-refractivity contribution in [1.82, 2.24) is 10.2 Å². The Balaban J connectivity index is 2.07. The minimum Gasteiger partial charge on any atom is -0.478 e. The van der Waals surface area contributed by atoms with Gasteiger partial charge < -0.3 is 19.4 Å². The van der Waals surface area contributed by atoms with Gasteiger partial charge in [0.2, 0.25) is 0 Å². The first kappa shape index (κ1) is 19.5. The van der Waals surface area contributed by atoms with Crippen molar-refractivity contribution in [3.63, 3.8) is 0 Å². The second-order valence-corrected chi connectivity index (χ2v) is 6.56. The normalized spacial score (nSPS) is 12.0. The maximum atomic E-state index is 12.2. The van der Waals surface area contributed by atoms with Crippen LogP contribution in [0, 0.1) is 6.92 Å². The molecule has 146 valence electrons. The second-order valence-electron chi connectivity index (χ2n) is 6.15. The van der Waals surface area contributed by atoms with E-state index in [0.29, 0.717) is 33.4 Å². The summed E-state index contributed by atoms with van der Waals surface area (Å²) in [7, 11) is 1.26. The van der Waals surface area contributed by atoms with Crippen LogP contribution < -0.4 is 5.56 Å². The van der Waals surface area contributed by atoms with E-state index in [1.54, 1.807) is 19.1 Å². The molecule has 8 nitrogen and oxygen atoms in total. The lowest BCUT2D eigenvalue weighted by Gasteiger charge is -2.12. The number of aromatic nitrogens is 2. The van der Waals surface area contributed by atoms with Crippen LogP contribution in [0.2, 0.25) is 5.02 Å². The van der Waals surface area contributed by atoms with Crippen LogP contribution in [0.1, 0.15) is 39.7 Å². The molecule has 0 aliphatic carbocycles. The number of carboxylic acid groups (broad SMARTS) is 1. The van der Waals surface area contributed by atoms with Crippen LogP contribution in [0.15, 0.2) is 39.5 Å². The number of carbonyl (C=O) groups excluding carboxylic acids is 1. The number of benzene rings is 1. The Bertz CT molecular complexity index is 1090. The first-order valence-electron chi connectivity index (χ1n) is 8.28. The van der Waals surface area contributed by atoms with Gasteiger partial charge >= 0.3 is 11.9 Å². The smallest absolute Gasteiger partial charge is 0.335 e. The molecule has 0 aliphatic heterocycles. The van der Waals surface area contributed by atoms with Gasteiger partial charge in [0, 0.05) is 11.3 Å². The zero-order valence-corrected chi connectivity index (χ0v) is 15.8. The third-order valence-electron chi connectivity index (χ3n) is 4.41. The molecular weight excluding hydrogens is 388 g/mol. The molecule has 2 aromatic heterocycles. The third kappa shape index (κ3) is 3.72. The van der Waals surface area contributed by atoms with Crippen LogP contribution in [0.25, 0.3) is 11.3 Å². The maximum Gasteiger partial charge on any atom is 0.335 e. The summed E-state index contributed by atoms with van der Waals surface area (Å²) in [6.07, 6.45) is -0.103. The molecule has 0 radical (unpaired) electrons. The van der Waals surface area contributed by atoms with Crippen LogP contribution in [0.3, 0.4) is 0 Å². The van der Waals surface area contributed by atoms with E-state index < -0.39 is 17.9 Å². The van der Waals surface area contributed by atoms with Crippen molar-refractivity contribution < 1.29 is 23.8 Å². The summed E-state index contributed by atoms with van der Waals surface area (Å²) in [5.74, 6) is -1.61. The first-order valence-corrected chi connectivity index (χ1v) is 8.66. The van der Waals surface area contributed by atoms with E-state index in [-0.39, 0.29) is 17.5 Å². The summed E-state index contributed by atoms with van der Waals surface area (Å²) in [6.45, 7) is 1.70. The van der Waals surface area contributed by atoms with E-state index in [0.717, 1.165) is 0 Å². The van der Waals surface area contributed by atoms with Gasteiger partial charge in [0.25, 0.3) is 5.56 Å². The Hall–Kier alpha value is -3.26. The van der Waals surface area contributed by atoms with Gasteiger partial charge in [-0.3, -0.25) is 14.7 Å². The summed E-state index contributed by atoms with van der Waals surface area (Å²) in [6, 6.07) is 7.49. The Morgan fingerprint density at radius 3 is 2.61 bits per heavy atom. The van der Waals surface area contributed by atoms with Crippen molar-refractivity contribution in [2.45, 2.75) is 19.3 Å². The van der Waals surface area contributed by atoms with Crippen molar-refractivity contribution in [2.24, 2.45) is 0 Å². The van der Waals surface area contributed by atoms with Gasteiger partial charge in [0.05, 0.1) is 35.6 Å². The number of carbonyl (C=O) groups is 2. The van der Waals surface area contributed by atoms with E-state index in [4.69, 9.17) is 20.8 Å². The molecule has 28 heavy (non-hydrogen) atoms. The average molecular weight is 405 g/mol. The highest BCUT2D eigenvalue weighted by Crippen LogP contribution is 2.35. The maximum absolute atomic E-state index is 12.2. The van der Waals surface area contributed by atoms with Gasteiger partial charge in [-0.2, -0.15) is 0 Å². The summed E-state index contributed by atoms with van der Waals surface area (Å²) < 4.78 is 10.6. The number of methoxy groups -OCH3 is 1. The lowest BCUT2D eigenvalue weighted by molar-refractivity contribution is -0.140. The van der Waals surface area contributed by atoms with Crippen molar-refractivity contribution in [3.8, 4) is 11.3 Å². The van der Waals surface area contributed by atoms with E-state index in [1.165, 1.54) is 25.3 Å². The van der Waals surface area contributed by atoms with Crippen LogP contribution in [-0.4, -0.2) is 34.4 Å². The molecule has 0 saturated heterocycles. The van der Waals surface area contributed by atoms with Crippen LogP contribution in [0.5, 0.6) is 0 Å².